The Hall–Kier alpha value is -0.0800. The summed E-state index contributed by atoms with van der Waals surface area (Å²) in [5, 5.41) is 3.46. The lowest BCUT2D eigenvalue weighted by atomic mass is 10.1. The Kier molecular flexibility index (Phi) is 4.62. The van der Waals surface area contributed by atoms with Crippen LogP contribution in [0, 0.1) is 5.92 Å². The third-order valence-corrected chi connectivity index (χ3v) is 2.50. The van der Waals surface area contributed by atoms with Crippen LogP contribution in [0.25, 0.3) is 0 Å². The average Bonchev–Trinajstić information content (AvgIpc) is 2.26. The second-order valence-electron chi connectivity index (χ2n) is 3.96. The highest BCUT2D eigenvalue weighted by Gasteiger charge is 2.12. The van der Waals surface area contributed by atoms with Crippen molar-refractivity contribution in [3.8, 4) is 0 Å². The van der Waals surface area contributed by atoms with Crippen LogP contribution in [0.5, 0.6) is 0 Å². The van der Waals surface area contributed by atoms with Crippen molar-refractivity contribution in [3.05, 3.63) is 0 Å². The van der Waals surface area contributed by atoms with Gasteiger partial charge in [-0.2, -0.15) is 0 Å². The summed E-state index contributed by atoms with van der Waals surface area (Å²) in [5.74, 6) is 0.823. The Morgan fingerprint density at radius 3 is 3.08 bits per heavy atom. The topological polar surface area (TPSA) is 15.3 Å². The van der Waals surface area contributed by atoms with Gasteiger partial charge >= 0.3 is 0 Å². The molecule has 1 N–H and O–H groups in total. The van der Waals surface area contributed by atoms with E-state index < -0.39 is 0 Å². The highest BCUT2D eigenvalue weighted by Crippen LogP contribution is 2.03. The van der Waals surface area contributed by atoms with Gasteiger partial charge in [-0.25, -0.2) is 0 Å². The molecule has 2 nitrogen and oxygen atoms in total. The Bertz CT molecular complexity index is 114. The summed E-state index contributed by atoms with van der Waals surface area (Å²) in [6.45, 7) is 10.8. The van der Waals surface area contributed by atoms with Crippen LogP contribution in [-0.2, 0) is 0 Å². The summed E-state index contributed by atoms with van der Waals surface area (Å²) >= 11 is 0. The monoisotopic (exact) mass is 170 g/mol. The predicted octanol–water partition coefficient (Wildman–Crippen LogP) is 1.33. The maximum absolute atomic E-state index is 3.46. The Morgan fingerprint density at radius 2 is 2.33 bits per heavy atom. The van der Waals surface area contributed by atoms with Crippen molar-refractivity contribution in [2.75, 3.05) is 32.7 Å². The fourth-order valence-corrected chi connectivity index (χ4v) is 1.77. The maximum atomic E-state index is 3.46. The lowest BCUT2D eigenvalue weighted by Crippen LogP contribution is -2.30. The van der Waals surface area contributed by atoms with Crippen LogP contribution < -0.4 is 5.32 Å². The molecule has 0 bridgehead atoms. The van der Waals surface area contributed by atoms with Gasteiger partial charge in [0, 0.05) is 19.6 Å². The van der Waals surface area contributed by atoms with Crippen LogP contribution >= 0.6 is 0 Å². The van der Waals surface area contributed by atoms with Crippen molar-refractivity contribution < 1.29 is 0 Å². The molecule has 12 heavy (non-hydrogen) atoms. The smallest absolute Gasteiger partial charge is 0.0107 e. The summed E-state index contributed by atoms with van der Waals surface area (Å²) in [4.78, 5) is 2.59. The van der Waals surface area contributed by atoms with Gasteiger partial charge in [0.2, 0.25) is 0 Å². The third kappa shape index (κ3) is 3.55. The molecule has 1 rings (SSSR count). The molecule has 0 aliphatic carbocycles. The van der Waals surface area contributed by atoms with Gasteiger partial charge in [-0.05, 0) is 25.4 Å². The van der Waals surface area contributed by atoms with Crippen molar-refractivity contribution in [1.82, 2.24) is 10.2 Å². The van der Waals surface area contributed by atoms with E-state index in [4.69, 9.17) is 0 Å². The van der Waals surface area contributed by atoms with E-state index in [-0.39, 0.29) is 0 Å². The molecular formula is C10H22N2. The number of rotatable bonds is 3. The Morgan fingerprint density at radius 1 is 1.50 bits per heavy atom. The van der Waals surface area contributed by atoms with Gasteiger partial charge in [-0.1, -0.05) is 20.3 Å². The van der Waals surface area contributed by atoms with E-state index in [1.54, 1.807) is 0 Å². The van der Waals surface area contributed by atoms with Gasteiger partial charge in [-0.3, -0.25) is 0 Å². The molecule has 0 aromatic rings. The molecule has 1 fully saturated rings. The summed E-state index contributed by atoms with van der Waals surface area (Å²) in [6.07, 6.45) is 2.67. The number of nitrogens with one attached hydrogen (secondary N) is 1. The second kappa shape index (κ2) is 5.55. The molecule has 1 heterocycles. The molecule has 1 atom stereocenters. The van der Waals surface area contributed by atoms with Crippen LogP contribution in [0.1, 0.15) is 26.7 Å². The molecule has 2 heteroatoms. The zero-order valence-corrected chi connectivity index (χ0v) is 8.47. The van der Waals surface area contributed by atoms with Crippen LogP contribution in [0.2, 0.25) is 0 Å². The van der Waals surface area contributed by atoms with E-state index >= 15 is 0 Å². The molecule has 1 saturated heterocycles. The molecule has 0 radical (unpaired) electrons. The second-order valence-corrected chi connectivity index (χ2v) is 3.96. The first-order valence-corrected chi connectivity index (χ1v) is 5.26. The first kappa shape index (κ1) is 10.0. The van der Waals surface area contributed by atoms with Gasteiger partial charge < -0.3 is 10.2 Å². The largest absolute Gasteiger partial charge is 0.315 e. The van der Waals surface area contributed by atoms with Gasteiger partial charge in [-0.15, -0.1) is 0 Å². The van der Waals surface area contributed by atoms with E-state index in [0.29, 0.717) is 0 Å². The molecule has 1 unspecified atom stereocenters. The quantitative estimate of drug-likeness (QED) is 0.687. The highest BCUT2D eigenvalue weighted by atomic mass is 15.2. The average molecular weight is 170 g/mol. The van der Waals surface area contributed by atoms with Crippen molar-refractivity contribution in [2.45, 2.75) is 26.7 Å². The molecule has 0 saturated carbocycles. The molecule has 0 aromatic heterocycles. The van der Waals surface area contributed by atoms with Crippen LogP contribution in [0.4, 0.5) is 0 Å². The first-order chi connectivity index (χ1) is 5.83. The van der Waals surface area contributed by atoms with Crippen molar-refractivity contribution in [1.29, 1.82) is 0 Å². The Labute approximate surface area is 76.3 Å². The van der Waals surface area contributed by atoms with Crippen molar-refractivity contribution in [3.63, 3.8) is 0 Å². The minimum absolute atomic E-state index is 0.823. The number of unbranched alkanes of at least 4 members (excludes halogenated alkanes) is 1. The van der Waals surface area contributed by atoms with Gasteiger partial charge in [0.25, 0.3) is 0 Å². The summed E-state index contributed by atoms with van der Waals surface area (Å²) in [6, 6.07) is 0. The molecule has 1 aliphatic heterocycles. The molecule has 1 aliphatic rings. The fraction of sp³-hybridized carbons (Fsp3) is 1.00. The summed E-state index contributed by atoms with van der Waals surface area (Å²) in [7, 11) is 0. The van der Waals surface area contributed by atoms with E-state index in [2.05, 4.69) is 24.1 Å². The van der Waals surface area contributed by atoms with E-state index in [1.807, 2.05) is 0 Å². The van der Waals surface area contributed by atoms with Crippen molar-refractivity contribution in [2.24, 2.45) is 5.92 Å². The lowest BCUT2D eigenvalue weighted by molar-refractivity contribution is 0.261. The van der Waals surface area contributed by atoms with Gasteiger partial charge in [0.1, 0.15) is 0 Å². The molecule has 72 valence electrons. The Balaban J connectivity index is 2.21. The minimum Gasteiger partial charge on any atom is -0.315 e. The van der Waals surface area contributed by atoms with Gasteiger partial charge in [0.15, 0.2) is 0 Å². The first-order valence-electron chi connectivity index (χ1n) is 5.26. The predicted molar refractivity (Wildman–Crippen MR) is 53.4 cm³/mol. The summed E-state index contributed by atoms with van der Waals surface area (Å²) < 4.78 is 0. The van der Waals surface area contributed by atoms with Crippen LogP contribution in [-0.4, -0.2) is 37.6 Å². The molecule has 0 amide bonds. The highest BCUT2D eigenvalue weighted by molar-refractivity contribution is 4.70. The number of hydrogen-bond donors (Lipinski definition) is 1. The lowest BCUT2D eigenvalue weighted by Gasteiger charge is -2.21. The molecule has 0 aromatic carbocycles. The van der Waals surface area contributed by atoms with E-state index in [0.717, 1.165) is 5.92 Å². The van der Waals surface area contributed by atoms with Crippen molar-refractivity contribution >= 4 is 0 Å². The van der Waals surface area contributed by atoms with Crippen LogP contribution in [0.3, 0.4) is 0 Å². The van der Waals surface area contributed by atoms with Gasteiger partial charge in [0.05, 0.1) is 0 Å². The molecule has 0 spiro atoms. The third-order valence-electron chi connectivity index (χ3n) is 2.50. The SMILES string of the molecule is CCCCN1CCNCC(C)C1. The summed E-state index contributed by atoms with van der Waals surface area (Å²) in [5.41, 5.74) is 0. The zero-order chi connectivity index (χ0) is 8.81. The van der Waals surface area contributed by atoms with E-state index in [9.17, 15) is 0 Å². The minimum atomic E-state index is 0.823. The zero-order valence-electron chi connectivity index (χ0n) is 8.47. The standard InChI is InChI=1S/C10H22N2/c1-3-4-6-12-7-5-11-8-10(2)9-12/h10-11H,3-9H2,1-2H3. The van der Waals surface area contributed by atoms with Crippen LogP contribution in [0.15, 0.2) is 0 Å². The van der Waals surface area contributed by atoms with E-state index in [1.165, 1.54) is 45.6 Å². The number of hydrogen-bond acceptors (Lipinski definition) is 2. The maximum Gasteiger partial charge on any atom is 0.0107 e. The normalized spacial score (nSPS) is 27.0. The molecular weight excluding hydrogens is 148 g/mol. The number of nitrogens with zero attached hydrogens (tertiary/aromatic N) is 1. The fourth-order valence-electron chi connectivity index (χ4n) is 1.77.